The normalized spacial score (nSPS) is 16.1. The molecule has 0 rings (SSSR count). The maximum atomic E-state index is 5.92. The van der Waals surface area contributed by atoms with Crippen molar-refractivity contribution in [2.75, 3.05) is 19.8 Å². The molecule has 0 aromatic rings. The Morgan fingerprint density at radius 3 is 2.19 bits per heavy atom. The Bertz CT molecular complexity index is 164. The minimum Gasteiger partial charge on any atom is -0.379 e. The second-order valence-electron chi connectivity index (χ2n) is 5.48. The highest BCUT2D eigenvalue weighted by molar-refractivity contribution is 4.81. The van der Waals surface area contributed by atoms with Crippen LogP contribution in [0.3, 0.4) is 0 Å². The van der Waals surface area contributed by atoms with Crippen molar-refractivity contribution in [3.8, 4) is 0 Å². The van der Waals surface area contributed by atoms with Crippen LogP contribution in [0.25, 0.3) is 0 Å². The van der Waals surface area contributed by atoms with Gasteiger partial charge in [-0.25, -0.2) is 0 Å². The molecule has 0 amide bonds. The van der Waals surface area contributed by atoms with Crippen LogP contribution in [-0.4, -0.2) is 32.0 Å². The topological polar surface area (TPSA) is 44.5 Å². The highest BCUT2D eigenvalue weighted by Gasteiger charge is 2.28. The van der Waals surface area contributed by atoms with Gasteiger partial charge in [0.2, 0.25) is 0 Å². The molecular formula is C13H29NO2. The molecule has 0 aliphatic heterocycles. The average Bonchev–Trinajstić information content (AvgIpc) is 2.13. The largest absolute Gasteiger partial charge is 0.379 e. The molecule has 0 bridgehead atoms. The second-order valence-corrected chi connectivity index (χ2v) is 5.48. The van der Waals surface area contributed by atoms with Crippen molar-refractivity contribution >= 4 is 0 Å². The molecule has 0 saturated carbocycles. The first-order valence-electron chi connectivity index (χ1n) is 6.34. The fourth-order valence-corrected chi connectivity index (χ4v) is 1.77. The third-order valence-corrected chi connectivity index (χ3v) is 2.50. The number of unbranched alkanes of at least 4 members (excludes halogenated alkanes) is 1. The lowest BCUT2D eigenvalue weighted by Crippen LogP contribution is -2.44. The van der Waals surface area contributed by atoms with Crippen LogP contribution in [0.15, 0.2) is 0 Å². The van der Waals surface area contributed by atoms with E-state index in [1.165, 1.54) is 6.42 Å². The molecule has 3 heteroatoms. The fourth-order valence-electron chi connectivity index (χ4n) is 1.77. The quantitative estimate of drug-likeness (QED) is 0.653. The lowest BCUT2D eigenvalue weighted by Gasteiger charge is -2.33. The van der Waals surface area contributed by atoms with Crippen molar-refractivity contribution in [3.63, 3.8) is 0 Å². The summed E-state index contributed by atoms with van der Waals surface area (Å²) in [7, 11) is 0. The van der Waals surface area contributed by atoms with Gasteiger partial charge in [0.15, 0.2) is 0 Å². The van der Waals surface area contributed by atoms with Gasteiger partial charge < -0.3 is 15.2 Å². The maximum absolute atomic E-state index is 5.92. The Morgan fingerprint density at radius 1 is 1.12 bits per heavy atom. The van der Waals surface area contributed by atoms with Gasteiger partial charge in [-0.15, -0.1) is 0 Å². The van der Waals surface area contributed by atoms with E-state index in [0.29, 0.717) is 13.2 Å². The summed E-state index contributed by atoms with van der Waals surface area (Å²) in [4.78, 5) is 0. The van der Waals surface area contributed by atoms with E-state index in [1.54, 1.807) is 0 Å². The van der Waals surface area contributed by atoms with E-state index in [9.17, 15) is 0 Å². The highest BCUT2D eigenvalue weighted by Crippen LogP contribution is 2.24. The highest BCUT2D eigenvalue weighted by atomic mass is 16.5. The van der Waals surface area contributed by atoms with Crippen molar-refractivity contribution in [1.82, 2.24) is 0 Å². The standard InChI is InChI=1S/C13H29NO2/c1-6-7-8-15-9-10-16-12(11(2)14)13(3,4)5/h11-12H,6-10,14H2,1-5H3. The van der Waals surface area contributed by atoms with Gasteiger partial charge in [0, 0.05) is 12.6 Å². The number of nitrogens with two attached hydrogens (primary N) is 1. The summed E-state index contributed by atoms with van der Waals surface area (Å²) in [5.41, 5.74) is 6.00. The van der Waals surface area contributed by atoms with Crippen molar-refractivity contribution in [1.29, 1.82) is 0 Å². The Balaban J connectivity index is 3.70. The van der Waals surface area contributed by atoms with Gasteiger partial charge in [-0.1, -0.05) is 34.1 Å². The smallest absolute Gasteiger partial charge is 0.0772 e. The molecule has 0 aliphatic rings. The summed E-state index contributed by atoms with van der Waals surface area (Å²) >= 11 is 0. The fraction of sp³-hybridized carbons (Fsp3) is 1.00. The molecule has 2 unspecified atom stereocenters. The van der Waals surface area contributed by atoms with Gasteiger partial charge in [0.1, 0.15) is 0 Å². The molecule has 0 aliphatic carbocycles. The SMILES string of the molecule is CCCCOCCOC(C(C)N)C(C)(C)C. The number of rotatable bonds is 8. The van der Waals surface area contributed by atoms with Crippen LogP contribution in [0.5, 0.6) is 0 Å². The Kier molecular flexibility index (Phi) is 7.98. The maximum Gasteiger partial charge on any atom is 0.0772 e. The predicted octanol–water partition coefficient (Wildman–Crippen LogP) is 2.58. The average molecular weight is 231 g/mol. The molecule has 0 spiro atoms. The van der Waals surface area contributed by atoms with E-state index in [-0.39, 0.29) is 17.6 Å². The number of hydrogen-bond acceptors (Lipinski definition) is 3. The molecule has 0 saturated heterocycles. The molecule has 2 atom stereocenters. The lowest BCUT2D eigenvalue weighted by molar-refractivity contribution is -0.0528. The zero-order chi connectivity index (χ0) is 12.6. The predicted molar refractivity (Wildman–Crippen MR) is 68.6 cm³/mol. The van der Waals surface area contributed by atoms with E-state index < -0.39 is 0 Å². The molecule has 2 N–H and O–H groups in total. The minimum absolute atomic E-state index is 0.0515. The van der Waals surface area contributed by atoms with Crippen molar-refractivity contribution in [2.24, 2.45) is 11.1 Å². The molecule has 0 heterocycles. The van der Waals surface area contributed by atoms with E-state index in [4.69, 9.17) is 15.2 Å². The minimum atomic E-state index is 0.0515. The number of ether oxygens (including phenoxy) is 2. The van der Waals surface area contributed by atoms with Crippen LogP contribution < -0.4 is 5.73 Å². The van der Waals surface area contributed by atoms with Crippen molar-refractivity contribution in [3.05, 3.63) is 0 Å². The Labute approximate surface area is 101 Å². The van der Waals surface area contributed by atoms with Crippen LogP contribution in [0.2, 0.25) is 0 Å². The van der Waals surface area contributed by atoms with Crippen LogP contribution in [0.4, 0.5) is 0 Å². The monoisotopic (exact) mass is 231 g/mol. The third-order valence-electron chi connectivity index (χ3n) is 2.50. The summed E-state index contributed by atoms with van der Waals surface area (Å²) < 4.78 is 11.2. The molecule has 16 heavy (non-hydrogen) atoms. The van der Waals surface area contributed by atoms with Gasteiger partial charge in [-0.05, 0) is 18.8 Å². The second kappa shape index (κ2) is 8.04. The molecule has 0 radical (unpaired) electrons. The molecular weight excluding hydrogens is 202 g/mol. The van der Waals surface area contributed by atoms with Gasteiger partial charge in [0.25, 0.3) is 0 Å². The van der Waals surface area contributed by atoms with Gasteiger partial charge in [-0.3, -0.25) is 0 Å². The van der Waals surface area contributed by atoms with Crippen LogP contribution in [-0.2, 0) is 9.47 Å². The zero-order valence-electron chi connectivity index (χ0n) is 11.6. The lowest BCUT2D eigenvalue weighted by atomic mass is 9.85. The Hall–Kier alpha value is -0.120. The van der Waals surface area contributed by atoms with Gasteiger partial charge in [-0.2, -0.15) is 0 Å². The molecule has 0 aromatic heterocycles. The van der Waals surface area contributed by atoms with E-state index in [0.717, 1.165) is 13.0 Å². The molecule has 3 nitrogen and oxygen atoms in total. The zero-order valence-corrected chi connectivity index (χ0v) is 11.6. The van der Waals surface area contributed by atoms with E-state index in [1.807, 2.05) is 6.92 Å². The van der Waals surface area contributed by atoms with Crippen LogP contribution >= 0.6 is 0 Å². The summed E-state index contributed by atoms with van der Waals surface area (Å²) in [5, 5.41) is 0. The van der Waals surface area contributed by atoms with E-state index in [2.05, 4.69) is 27.7 Å². The first-order valence-corrected chi connectivity index (χ1v) is 6.34. The summed E-state index contributed by atoms with van der Waals surface area (Å²) in [5.74, 6) is 0. The van der Waals surface area contributed by atoms with Gasteiger partial charge >= 0.3 is 0 Å². The third kappa shape index (κ3) is 7.20. The van der Waals surface area contributed by atoms with E-state index >= 15 is 0 Å². The number of hydrogen-bond donors (Lipinski definition) is 1. The summed E-state index contributed by atoms with van der Waals surface area (Å²) in [6.45, 7) is 12.7. The molecule has 0 fully saturated rings. The first-order chi connectivity index (χ1) is 7.39. The molecule has 0 aromatic carbocycles. The molecule has 98 valence electrons. The van der Waals surface area contributed by atoms with Crippen molar-refractivity contribution in [2.45, 2.75) is 59.6 Å². The van der Waals surface area contributed by atoms with Gasteiger partial charge in [0.05, 0.1) is 19.3 Å². The first kappa shape index (κ1) is 15.9. The summed E-state index contributed by atoms with van der Waals surface area (Å²) in [6, 6.07) is 0.0515. The van der Waals surface area contributed by atoms with Crippen LogP contribution in [0.1, 0.15) is 47.5 Å². The van der Waals surface area contributed by atoms with Crippen LogP contribution in [0, 0.1) is 5.41 Å². The summed E-state index contributed by atoms with van der Waals surface area (Å²) in [6.07, 6.45) is 2.38. The Morgan fingerprint density at radius 2 is 1.75 bits per heavy atom. The van der Waals surface area contributed by atoms with Crippen molar-refractivity contribution < 1.29 is 9.47 Å².